The van der Waals surface area contributed by atoms with Gasteiger partial charge in [-0.2, -0.15) is 0 Å². The van der Waals surface area contributed by atoms with E-state index in [1.54, 1.807) is 7.11 Å². The molecular weight excluding hydrogens is 208 g/mol. The number of nitrogens with one attached hydrogen (secondary N) is 1. The van der Waals surface area contributed by atoms with E-state index in [9.17, 15) is 0 Å². The van der Waals surface area contributed by atoms with E-state index >= 15 is 0 Å². The molecule has 0 spiro atoms. The zero-order valence-corrected chi connectivity index (χ0v) is 9.47. The molecule has 78 valence electrons. The predicted molar refractivity (Wildman–Crippen MR) is 62.2 cm³/mol. The summed E-state index contributed by atoms with van der Waals surface area (Å²) in [5.74, 6) is 0.890. The number of H-pyrrole nitrogens is 1. The van der Waals surface area contributed by atoms with E-state index in [1.807, 2.05) is 42.1 Å². The second kappa shape index (κ2) is 3.90. The van der Waals surface area contributed by atoms with Crippen LogP contribution in [0.1, 0.15) is 5.56 Å². The summed E-state index contributed by atoms with van der Waals surface area (Å²) < 4.78 is 7.82. The molecule has 0 amide bonds. The van der Waals surface area contributed by atoms with Gasteiger partial charge >= 0.3 is 0 Å². The van der Waals surface area contributed by atoms with E-state index in [1.165, 1.54) is 0 Å². The van der Waals surface area contributed by atoms with Gasteiger partial charge in [-0.3, -0.25) is 4.57 Å². The number of rotatable bonds is 2. The molecule has 1 N–H and O–H groups in total. The van der Waals surface area contributed by atoms with Crippen molar-refractivity contribution < 1.29 is 4.74 Å². The summed E-state index contributed by atoms with van der Waals surface area (Å²) in [6.45, 7) is 2.01. The Morgan fingerprint density at radius 2 is 2.20 bits per heavy atom. The highest BCUT2D eigenvalue weighted by molar-refractivity contribution is 7.71. The van der Waals surface area contributed by atoms with Gasteiger partial charge in [0.15, 0.2) is 4.77 Å². The number of aromatic nitrogens is 2. The summed E-state index contributed by atoms with van der Waals surface area (Å²) >= 11 is 5.15. The zero-order chi connectivity index (χ0) is 10.8. The lowest BCUT2D eigenvalue weighted by Crippen LogP contribution is -1.94. The van der Waals surface area contributed by atoms with Crippen LogP contribution in [0.5, 0.6) is 5.75 Å². The Hall–Kier alpha value is -1.55. The number of benzene rings is 1. The van der Waals surface area contributed by atoms with E-state index in [2.05, 4.69) is 4.98 Å². The quantitative estimate of drug-likeness (QED) is 0.789. The second-order valence-corrected chi connectivity index (χ2v) is 3.68. The molecule has 4 heteroatoms. The highest BCUT2D eigenvalue weighted by Crippen LogP contribution is 2.20. The van der Waals surface area contributed by atoms with E-state index in [0.29, 0.717) is 4.77 Å². The SMILES string of the molecule is COc1ccc(-n2cc[nH]c2=S)cc1C. The Morgan fingerprint density at radius 1 is 1.40 bits per heavy atom. The van der Waals surface area contributed by atoms with Crippen LogP contribution in [-0.2, 0) is 0 Å². The van der Waals surface area contributed by atoms with Crippen molar-refractivity contribution in [1.29, 1.82) is 0 Å². The van der Waals surface area contributed by atoms with Crippen molar-refractivity contribution in [3.8, 4) is 11.4 Å². The smallest absolute Gasteiger partial charge is 0.181 e. The Balaban J connectivity index is 2.52. The van der Waals surface area contributed by atoms with E-state index in [0.717, 1.165) is 17.0 Å². The molecule has 0 radical (unpaired) electrons. The maximum Gasteiger partial charge on any atom is 0.181 e. The lowest BCUT2D eigenvalue weighted by molar-refractivity contribution is 0.411. The van der Waals surface area contributed by atoms with Gasteiger partial charge in [0.1, 0.15) is 5.75 Å². The molecule has 1 aromatic carbocycles. The topological polar surface area (TPSA) is 29.9 Å². The van der Waals surface area contributed by atoms with Crippen molar-refractivity contribution in [1.82, 2.24) is 9.55 Å². The summed E-state index contributed by atoms with van der Waals surface area (Å²) in [7, 11) is 1.67. The maximum atomic E-state index is 5.20. The van der Waals surface area contributed by atoms with Crippen molar-refractivity contribution in [2.75, 3.05) is 7.11 Å². The fraction of sp³-hybridized carbons (Fsp3) is 0.182. The van der Waals surface area contributed by atoms with Crippen LogP contribution in [-0.4, -0.2) is 16.7 Å². The number of methoxy groups -OCH3 is 1. The van der Waals surface area contributed by atoms with Gasteiger partial charge in [-0.15, -0.1) is 0 Å². The normalized spacial score (nSPS) is 10.3. The number of aromatic amines is 1. The van der Waals surface area contributed by atoms with E-state index < -0.39 is 0 Å². The summed E-state index contributed by atoms with van der Waals surface area (Å²) in [4.78, 5) is 2.96. The van der Waals surface area contributed by atoms with Crippen LogP contribution in [0.15, 0.2) is 30.6 Å². The molecule has 0 aliphatic carbocycles. The lowest BCUT2D eigenvalue weighted by Gasteiger charge is -2.07. The minimum Gasteiger partial charge on any atom is -0.496 e. The van der Waals surface area contributed by atoms with Crippen LogP contribution < -0.4 is 4.74 Å². The van der Waals surface area contributed by atoms with Gasteiger partial charge in [-0.05, 0) is 42.9 Å². The van der Waals surface area contributed by atoms with Gasteiger partial charge < -0.3 is 9.72 Å². The fourth-order valence-corrected chi connectivity index (χ4v) is 1.77. The van der Waals surface area contributed by atoms with Gasteiger partial charge in [0, 0.05) is 18.1 Å². The molecule has 15 heavy (non-hydrogen) atoms. The van der Waals surface area contributed by atoms with Gasteiger partial charge in [-0.1, -0.05) is 0 Å². The average molecular weight is 220 g/mol. The largest absolute Gasteiger partial charge is 0.496 e. The first-order valence-corrected chi connectivity index (χ1v) is 5.04. The molecule has 0 atom stereocenters. The van der Waals surface area contributed by atoms with Gasteiger partial charge in [-0.25, -0.2) is 0 Å². The summed E-state index contributed by atoms with van der Waals surface area (Å²) in [5, 5.41) is 0. The minimum atomic E-state index is 0.694. The standard InChI is InChI=1S/C11H12N2OS/c1-8-7-9(3-4-10(8)14-2)13-6-5-12-11(13)15/h3-7H,1-2H3,(H,12,15). The Kier molecular flexibility index (Phi) is 2.60. The molecule has 0 fully saturated rings. The van der Waals surface area contributed by atoms with Crippen LogP contribution >= 0.6 is 12.2 Å². The monoisotopic (exact) mass is 220 g/mol. The third-order valence-electron chi connectivity index (χ3n) is 2.31. The van der Waals surface area contributed by atoms with Gasteiger partial charge in [0.25, 0.3) is 0 Å². The molecule has 0 aliphatic heterocycles. The molecule has 0 bridgehead atoms. The van der Waals surface area contributed by atoms with Crippen LogP contribution in [0.4, 0.5) is 0 Å². The fourth-order valence-electron chi connectivity index (χ4n) is 1.54. The van der Waals surface area contributed by atoms with Crippen LogP contribution in [0.25, 0.3) is 5.69 Å². The van der Waals surface area contributed by atoms with E-state index in [4.69, 9.17) is 17.0 Å². The average Bonchev–Trinajstić information content (AvgIpc) is 2.64. The van der Waals surface area contributed by atoms with Crippen molar-refractivity contribution in [3.63, 3.8) is 0 Å². The first kappa shape index (κ1) is 9.98. The number of imidazole rings is 1. The molecular formula is C11H12N2OS. The molecule has 0 saturated heterocycles. The summed E-state index contributed by atoms with van der Waals surface area (Å²) in [6, 6.07) is 5.97. The van der Waals surface area contributed by atoms with Crippen LogP contribution in [0.3, 0.4) is 0 Å². The molecule has 0 unspecified atom stereocenters. The molecule has 1 heterocycles. The highest BCUT2D eigenvalue weighted by Gasteiger charge is 2.01. The molecule has 0 saturated carbocycles. The van der Waals surface area contributed by atoms with Gasteiger partial charge in [0.05, 0.1) is 7.11 Å². The first-order chi connectivity index (χ1) is 7.22. The van der Waals surface area contributed by atoms with Gasteiger partial charge in [0.2, 0.25) is 0 Å². The Labute approximate surface area is 93.3 Å². The summed E-state index contributed by atoms with van der Waals surface area (Å²) in [5.41, 5.74) is 2.14. The zero-order valence-electron chi connectivity index (χ0n) is 8.65. The minimum absolute atomic E-state index is 0.694. The third kappa shape index (κ3) is 1.80. The van der Waals surface area contributed by atoms with Crippen LogP contribution in [0, 0.1) is 11.7 Å². The number of nitrogens with zero attached hydrogens (tertiary/aromatic N) is 1. The Bertz CT molecular complexity index is 527. The van der Waals surface area contributed by atoms with Crippen LogP contribution in [0.2, 0.25) is 0 Å². The summed E-state index contributed by atoms with van der Waals surface area (Å²) in [6.07, 6.45) is 3.73. The lowest BCUT2D eigenvalue weighted by atomic mass is 10.2. The third-order valence-corrected chi connectivity index (χ3v) is 2.62. The number of hydrogen-bond acceptors (Lipinski definition) is 2. The number of ether oxygens (including phenoxy) is 1. The molecule has 2 rings (SSSR count). The molecule has 3 nitrogen and oxygen atoms in total. The van der Waals surface area contributed by atoms with Crippen molar-refractivity contribution in [3.05, 3.63) is 40.9 Å². The number of hydrogen-bond donors (Lipinski definition) is 1. The van der Waals surface area contributed by atoms with E-state index in [-0.39, 0.29) is 0 Å². The number of aryl methyl sites for hydroxylation is 1. The predicted octanol–water partition coefficient (Wildman–Crippen LogP) is 2.85. The molecule has 2 aromatic rings. The second-order valence-electron chi connectivity index (χ2n) is 3.29. The molecule has 1 aromatic heterocycles. The molecule has 0 aliphatic rings. The van der Waals surface area contributed by atoms with Crippen molar-refractivity contribution >= 4 is 12.2 Å². The Morgan fingerprint density at radius 3 is 2.73 bits per heavy atom. The van der Waals surface area contributed by atoms with Crippen molar-refractivity contribution in [2.45, 2.75) is 6.92 Å². The highest BCUT2D eigenvalue weighted by atomic mass is 32.1. The first-order valence-electron chi connectivity index (χ1n) is 4.63. The maximum absolute atomic E-state index is 5.20. The van der Waals surface area contributed by atoms with Crippen molar-refractivity contribution in [2.24, 2.45) is 0 Å².